The first-order chi connectivity index (χ1) is 7.31. The van der Waals surface area contributed by atoms with Crippen LogP contribution in [-0.4, -0.2) is 13.0 Å². The number of fused-ring (bicyclic) bond motifs is 1. The highest BCUT2D eigenvalue weighted by Gasteiger charge is 2.19. The van der Waals surface area contributed by atoms with Crippen LogP contribution in [-0.2, 0) is 4.79 Å². The molecule has 1 amide bonds. The van der Waals surface area contributed by atoms with Crippen LogP contribution in [0.4, 0.5) is 0 Å². The summed E-state index contributed by atoms with van der Waals surface area (Å²) < 4.78 is 5.57. The van der Waals surface area contributed by atoms with Gasteiger partial charge in [-0.15, -0.1) is 0 Å². The average Bonchev–Trinajstić information content (AvgIpc) is 2.42. The molecule has 0 radical (unpaired) electrons. The van der Waals surface area contributed by atoms with Crippen LogP contribution >= 0.6 is 11.6 Å². The van der Waals surface area contributed by atoms with E-state index < -0.39 is 0 Å². The lowest BCUT2D eigenvalue weighted by Gasteiger charge is -2.15. The SMILES string of the molecule is O=CNC1CCCOc2ccc(Cl)cc21. The number of amides is 1. The molecule has 0 bridgehead atoms. The fraction of sp³-hybridized carbons (Fsp3) is 0.364. The lowest BCUT2D eigenvalue weighted by atomic mass is 10.0. The van der Waals surface area contributed by atoms with Gasteiger partial charge in [-0.3, -0.25) is 4.79 Å². The number of hydrogen-bond donors (Lipinski definition) is 1. The summed E-state index contributed by atoms with van der Waals surface area (Å²) in [5.41, 5.74) is 0.965. The van der Waals surface area contributed by atoms with Gasteiger partial charge < -0.3 is 10.1 Å². The van der Waals surface area contributed by atoms with E-state index in [1.54, 1.807) is 6.07 Å². The Morgan fingerprint density at radius 3 is 3.20 bits per heavy atom. The number of carbonyl (C=O) groups is 1. The molecular formula is C11H12ClNO2. The van der Waals surface area contributed by atoms with Crippen molar-refractivity contribution < 1.29 is 9.53 Å². The Balaban J connectivity index is 2.37. The summed E-state index contributed by atoms with van der Waals surface area (Å²) in [6.45, 7) is 0.686. The van der Waals surface area contributed by atoms with Crippen molar-refractivity contribution in [1.29, 1.82) is 0 Å². The Hall–Kier alpha value is -1.22. The third-order valence-corrected chi connectivity index (χ3v) is 2.75. The van der Waals surface area contributed by atoms with Gasteiger partial charge in [0.25, 0.3) is 0 Å². The van der Waals surface area contributed by atoms with E-state index in [-0.39, 0.29) is 6.04 Å². The van der Waals surface area contributed by atoms with E-state index in [0.29, 0.717) is 11.6 Å². The van der Waals surface area contributed by atoms with Crippen molar-refractivity contribution in [2.75, 3.05) is 6.61 Å². The number of carbonyl (C=O) groups excluding carboxylic acids is 1. The molecule has 3 nitrogen and oxygen atoms in total. The van der Waals surface area contributed by atoms with E-state index >= 15 is 0 Å². The number of nitrogens with one attached hydrogen (secondary N) is 1. The second kappa shape index (κ2) is 4.53. The van der Waals surface area contributed by atoms with Crippen molar-refractivity contribution in [3.05, 3.63) is 28.8 Å². The number of rotatable bonds is 2. The number of hydrogen-bond acceptors (Lipinski definition) is 2. The molecule has 1 unspecified atom stereocenters. The summed E-state index contributed by atoms with van der Waals surface area (Å²) in [7, 11) is 0. The Labute approximate surface area is 93.4 Å². The van der Waals surface area contributed by atoms with Crippen molar-refractivity contribution in [3.63, 3.8) is 0 Å². The molecule has 0 saturated carbocycles. The molecule has 1 aliphatic heterocycles. The number of halogens is 1. The fourth-order valence-corrected chi connectivity index (χ4v) is 1.98. The minimum atomic E-state index is 0.0127. The van der Waals surface area contributed by atoms with Crippen LogP contribution in [0.1, 0.15) is 24.4 Å². The van der Waals surface area contributed by atoms with Gasteiger partial charge in [0.15, 0.2) is 0 Å². The zero-order valence-electron chi connectivity index (χ0n) is 8.20. The first kappa shape index (κ1) is 10.3. The molecule has 1 N–H and O–H groups in total. The van der Waals surface area contributed by atoms with Gasteiger partial charge in [-0.2, -0.15) is 0 Å². The van der Waals surface area contributed by atoms with Crippen molar-refractivity contribution in [2.45, 2.75) is 18.9 Å². The third-order valence-electron chi connectivity index (χ3n) is 2.51. The van der Waals surface area contributed by atoms with Crippen molar-refractivity contribution in [1.82, 2.24) is 5.32 Å². The highest BCUT2D eigenvalue weighted by molar-refractivity contribution is 6.30. The first-order valence-electron chi connectivity index (χ1n) is 4.93. The van der Waals surface area contributed by atoms with E-state index in [4.69, 9.17) is 16.3 Å². The Morgan fingerprint density at radius 1 is 1.53 bits per heavy atom. The summed E-state index contributed by atoms with van der Waals surface area (Å²) in [6, 6.07) is 5.51. The van der Waals surface area contributed by atoms with Gasteiger partial charge in [-0.05, 0) is 31.0 Å². The topological polar surface area (TPSA) is 38.3 Å². The predicted octanol–water partition coefficient (Wildman–Crippen LogP) is 2.30. The minimum Gasteiger partial charge on any atom is -0.493 e. The first-order valence-corrected chi connectivity index (χ1v) is 5.31. The quantitative estimate of drug-likeness (QED) is 0.785. The smallest absolute Gasteiger partial charge is 0.207 e. The summed E-state index contributed by atoms with van der Waals surface area (Å²) in [6.07, 6.45) is 2.53. The molecule has 0 spiro atoms. The predicted molar refractivity (Wildman–Crippen MR) is 58.1 cm³/mol. The van der Waals surface area contributed by atoms with E-state index in [0.717, 1.165) is 30.6 Å². The summed E-state index contributed by atoms with van der Waals surface area (Å²) in [4.78, 5) is 10.5. The molecule has 1 aliphatic rings. The van der Waals surface area contributed by atoms with Crippen LogP contribution in [0.15, 0.2) is 18.2 Å². The van der Waals surface area contributed by atoms with Crippen molar-refractivity contribution in [2.24, 2.45) is 0 Å². The molecule has 1 atom stereocenters. The summed E-state index contributed by atoms with van der Waals surface area (Å²) >= 11 is 5.92. The maximum absolute atomic E-state index is 10.5. The third kappa shape index (κ3) is 2.23. The molecule has 15 heavy (non-hydrogen) atoms. The average molecular weight is 226 g/mol. The lowest BCUT2D eigenvalue weighted by Crippen LogP contribution is -2.18. The van der Waals surface area contributed by atoms with Crippen LogP contribution < -0.4 is 10.1 Å². The summed E-state index contributed by atoms with van der Waals surface area (Å²) in [5.74, 6) is 0.816. The van der Waals surface area contributed by atoms with Crippen molar-refractivity contribution in [3.8, 4) is 5.75 Å². The maximum atomic E-state index is 10.5. The molecular weight excluding hydrogens is 214 g/mol. The molecule has 1 heterocycles. The van der Waals surface area contributed by atoms with Crippen LogP contribution in [0.5, 0.6) is 5.75 Å². The Bertz CT molecular complexity index is 368. The van der Waals surface area contributed by atoms with E-state index in [2.05, 4.69) is 5.32 Å². The largest absolute Gasteiger partial charge is 0.493 e. The lowest BCUT2D eigenvalue weighted by molar-refractivity contribution is -0.110. The van der Waals surface area contributed by atoms with E-state index in [1.807, 2.05) is 12.1 Å². The van der Waals surface area contributed by atoms with Gasteiger partial charge >= 0.3 is 0 Å². The summed E-state index contributed by atoms with van der Waals surface area (Å²) in [5, 5.41) is 3.45. The molecule has 0 saturated heterocycles. The number of ether oxygens (including phenoxy) is 1. The number of benzene rings is 1. The standard InChI is InChI=1S/C11H12ClNO2/c12-8-3-4-11-9(6-8)10(13-7-14)2-1-5-15-11/h3-4,6-7,10H,1-2,5H2,(H,13,14). The van der Waals surface area contributed by atoms with E-state index in [1.165, 1.54) is 0 Å². The van der Waals surface area contributed by atoms with Crippen LogP contribution in [0.3, 0.4) is 0 Å². The van der Waals surface area contributed by atoms with Crippen LogP contribution in [0, 0.1) is 0 Å². The normalized spacial score (nSPS) is 19.7. The van der Waals surface area contributed by atoms with Gasteiger partial charge in [0, 0.05) is 10.6 Å². The highest BCUT2D eigenvalue weighted by Crippen LogP contribution is 2.33. The molecule has 1 aromatic rings. The molecule has 4 heteroatoms. The maximum Gasteiger partial charge on any atom is 0.207 e. The highest BCUT2D eigenvalue weighted by atomic mass is 35.5. The molecule has 2 rings (SSSR count). The Morgan fingerprint density at radius 2 is 2.40 bits per heavy atom. The second-order valence-electron chi connectivity index (χ2n) is 3.51. The molecule has 1 aromatic carbocycles. The molecule has 80 valence electrons. The monoisotopic (exact) mass is 225 g/mol. The van der Waals surface area contributed by atoms with Gasteiger partial charge in [0.05, 0.1) is 12.6 Å². The van der Waals surface area contributed by atoms with Gasteiger partial charge in [-0.25, -0.2) is 0 Å². The molecule has 0 aliphatic carbocycles. The molecule has 0 fully saturated rings. The van der Waals surface area contributed by atoms with Crippen molar-refractivity contribution >= 4 is 18.0 Å². The second-order valence-corrected chi connectivity index (χ2v) is 3.95. The van der Waals surface area contributed by atoms with Gasteiger partial charge in [0.2, 0.25) is 6.41 Å². The Kier molecular flexibility index (Phi) is 3.11. The van der Waals surface area contributed by atoms with Crippen LogP contribution in [0.2, 0.25) is 5.02 Å². The van der Waals surface area contributed by atoms with E-state index in [9.17, 15) is 4.79 Å². The zero-order chi connectivity index (χ0) is 10.7. The molecule has 0 aromatic heterocycles. The fourth-order valence-electron chi connectivity index (χ4n) is 1.80. The zero-order valence-corrected chi connectivity index (χ0v) is 8.96. The van der Waals surface area contributed by atoms with Gasteiger partial charge in [-0.1, -0.05) is 11.6 Å². The minimum absolute atomic E-state index is 0.0127. The van der Waals surface area contributed by atoms with Gasteiger partial charge in [0.1, 0.15) is 5.75 Å². The van der Waals surface area contributed by atoms with Crippen LogP contribution in [0.25, 0.3) is 0 Å².